The molecule has 18 heavy (non-hydrogen) atoms. The minimum atomic E-state index is -0.442. The molecule has 0 aliphatic rings. The van der Waals surface area contributed by atoms with Gasteiger partial charge in [-0.25, -0.2) is 0 Å². The lowest BCUT2D eigenvalue weighted by Gasteiger charge is -2.11. The quantitative estimate of drug-likeness (QED) is 0.865. The molecule has 2 nitrogen and oxygen atoms in total. The Labute approximate surface area is 108 Å². The van der Waals surface area contributed by atoms with E-state index in [0.29, 0.717) is 18.6 Å². The van der Waals surface area contributed by atoms with Crippen LogP contribution in [-0.4, -0.2) is 16.3 Å². The maximum atomic E-state index is 10.2. The predicted octanol–water partition coefficient (Wildman–Crippen LogP) is 2.91. The monoisotopic (exact) mass is 242 g/mol. The third-order valence-corrected chi connectivity index (χ3v) is 2.96. The molecule has 0 heterocycles. The van der Waals surface area contributed by atoms with E-state index < -0.39 is 6.10 Å². The van der Waals surface area contributed by atoms with Gasteiger partial charge in [-0.15, -0.1) is 0 Å². The normalized spacial score (nSPS) is 12.3. The van der Waals surface area contributed by atoms with Crippen molar-refractivity contribution in [3.05, 3.63) is 65.2 Å². The average molecular weight is 242 g/mol. The van der Waals surface area contributed by atoms with Crippen molar-refractivity contribution in [2.45, 2.75) is 25.9 Å². The topological polar surface area (TPSA) is 40.5 Å². The molecular weight excluding hydrogens is 224 g/mol. The van der Waals surface area contributed by atoms with Crippen LogP contribution in [0.1, 0.15) is 23.6 Å². The van der Waals surface area contributed by atoms with E-state index in [9.17, 15) is 10.2 Å². The second-order valence-electron chi connectivity index (χ2n) is 4.64. The standard InChI is InChI=1S/C16H18O2/c1-12(17)10-14-8-5-9-15(16(14)18)11-13-6-3-2-4-7-13/h2-9,12,17-18H,10-11H2,1H3. The summed E-state index contributed by atoms with van der Waals surface area (Å²) in [6.45, 7) is 1.73. The minimum absolute atomic E-state index is 0.308. The van der Waals surface area contributed by atoms with Gasteiger partial charge in [0.25, 0.3) is 0 Å². The third-order valence-electron chi connectivity index (χ3n) is 2.96. The Kier molecular flexibility index (Phi) is 4.00. The van der Waals surface area contributed by atoms with Gasteiger partial charge in [0, 0.05) is 12.8 Å². The average Bonchev–Trinajstić information content (AvgIpc) is 2.35. The lowest BCUT2D eigenvalue weighted by atomic mass is 9.99. The number of phenolic OH excluding ortho intramolecular Hbond substituents is 1. The fourth-order valence-corrected chi connectivity index (χ4v) is 2.09. The lowest BCUT2D eigenvalue weighted by Crippen LogP contribution is -2.05. The van der Waals surface area contributed by atoms with Crippen molar-refractivity contribution in [2.75, 3.05) is 0 Å². The molecule has 0 aromatic heterocycles. The highest BCUT2D eigenvalue weighted by Gasteiger charge is 2.09. The number of aliphatic hydroxyl groups is 1. The molecule has 0 saturated heterocycles. The zero-order valence-corrected chi connectivity index (χ0v) is 10.5. The van der Waals surface area contributed by atoms with Crippen molar-refractivity contribution < 1.29 is 10.2 Å². The highest BCUT2D eigenvalue weighted by Crippen LogP contribution is 2.25. The molecule has 2 heteroatoms. The number of rotatable bonds is 4. The minimum Gasteiger partial charge on any atom is -0.507 e. The molecular formula is C16H18O2. The molecule has 0 saturated carbocycles. The second-order valence-corrected chi connectivity index (χ2v) is 4.64. The summed E-state index contributed by atoms with van der Waals surface area (Å²) in [5.41, 5.74) is 2.87. The van der Waals surface area contributed by atoms with Crippen molar-refractivity contribution in [2.24, 2.45) is 0 Å². The van der Waals surface area contributed by atoms with Gasteiger partial charge in [0.05, 0.1) is 6.10 Å². The maximum absolute atomic E-state index is 10.2. The molecule has 2 aromatic rings. The van der Waals surface area contributed by atoms with Crippen molar-refractivity contribution in [1.82, 2.24) is 0 Å². The van der Waals surface area contributed by atoms with E-state index in [0.717, 1.165) is 11.1 Å². The zero-order valence-electron chi connectivity index (χ0n) is 10.5. The smallest absolute Gasteiger partial charge is 0.122 e. The summed E-state index contributed by atoms with van der Waals surface area (Å²) in [4.78, 5) is 0. The molecule has 2 aromatic carbocycles. The van der Waals surface area contributed by atoms with E-state index in [-0.39, 0.29) is 0 Å². The molecule has 0 aliphatic heterocycles. The molecule has 1 atom stereocenters. The zero-order chi connectivity index (χ0) is 13.0. The highest BCUT2D eigenvalue weighted by atomic mass is 16.3. The Balaban J connectivity index is 2.23. The largest absolute Gasteiger partial charge is 0.507 e. The first-order valence-corrected chi connectivity index (χ1v) is 6.18. The number of para-hydroxylation sites is 1. The fourth-order valence-electron chi connectivity index (χ4n) is 2.09. The molecule has 0 aliphatic carbocycles. The van der Waals surface area contributed by atoms with Gasteiger partial charge in [-0.1, -0.05) is 48.5 Å². The summed E-state index contributed by atoms with van der Waals surface area (Å²) in [5.74, 6) is 0.308. The van der Waals surface area contributed by atoms with Crippen molar-refractivity contribution in [3.63, 3.8) is 0 Å². The Morgan fingerprint density at radius 3 is 2.28 bits per heavy atom. The van der Waals surface area contributed by atoms with Crippen LogP contribution in [0.5, 0.6) is 5.75 Å². The molecule has 2 rings (SSSR count). The van der Waals surface area contributed by atoms with Crippen LogP contribution in [-0.2, 0) is 12.8 Å². The van der Waals surface area contributed by atoms with E-state index in [1.807, 2.05) is 48.5 Å². The maximum Gasteiger partial charge on any atom is 0.122 e. The van der Waals surface area contributed by atoms with Gasteiger partial charge >= 0.3 is 0 Å². The predicted molar refractivity (Wildman–Crippen MR) is 72.7 cm³/mol. The van der Waals surface area contributed by atoms with Crippen molar-refractivity contribution >= 4 is 0 Å². The molecule has 0 fully saturated rings. The van der Waals surface area contributed by atoms with Crippen LogP contribution in [0.25, 0.3) is 0 Å². The molecule has 0 spiro atoms. The number of aromatic hydroxyl groups is 1. The first-order valence-electron chi connectivity index (χ1n) is 6.18. The van der Waals surface area contributed by atoms with Gasteiger partial charge in [0.2, 0.25) is 0 Å². The van der Waals surface area contributed by atoms with E-state index >= 15 is 0 Å². The summed E-state index contributed by atoms with van der Waals surface area (Å²) in [6, 6.07) is 15.8. The Morgan fingerprint density at radius 2 is 1.61 bits per heavy atom. The van der Waals surface area contributed by atoms with E-state index in [1.165, 1.54) is 5.56 Å². The van der Waals surface area contributed by atoms with Crippen molar-refractivity contribution in [1.29, 1.82) is 0 Å². The van der Waals surface area contributed by atoms with E-state index in [2.05, 4.69) is 0 Å². The highest BCUT2D eigenvalue weighted by molar-refractivity contribution is 5.43. The molecule has 2 N–H and O–H groups in total. The Morgan fingerprint density at radius 1 is 0.944 bits per heavy atom. The number of aliphatic hydroxyl groups excluding tert-OH is 1. The van der Waals surface area contributed by atoms with Crippen LogP contribution in [0.15, 0.2) is 48.5 Å². The van der Waals surface area contributed by atoms with E-state index in [1.54, 1.807) is 6.92 Å². The van der Waals surface area contributed by atoms with Gasteiger partial charge < -0.3 is 10.2 Å². The second kappa shape index (κ2) is 5.69. The molecule has 0 radical (unpaired) electrons. The van der Waals surface area contributed by atoms with Gasteiger partial charge in [0.15, 0.2) is 0 Å². The van der Waals surface area contributed by atoms with Crippen LogP contribution in [0.2, 0.25) is 0 Å². The number of benzene rings is 2. The molecule has 0 bridgehead atoms. The van der Waals surface area contributed by atoms with Crippen LogP contribution >= 0.6 is 0 Å². The summed E-state index contributed by atoms with van der Waals surface area (Å²) >= 11 is 0. The van der Waals surface area contributed by atoms with Crippen LogP contribution < -0.4 is 0 Å². The van der Waals surface area contributed by atoms with Crippen LogP contribution in [0, 0.1) is 0 Å². The van der Waals surface area contributed by atoms with Crippen LogP contribution in [0.4, 0.5) is 0 Å². The molecule has 1 unspecified atom stereocenters. The van der Waals surface area contributed by atoms with Gasteiger partial charge in [-0.2, -0.15) is 0 Å². The fraction of sp³-hybridized carbons (Fsp3) is 0.250. The van der Waals surface area contributed by atoms with E-state index in [4.69, 9.17) is 0 Å². The van der Waals surface area contributed by atoms with Gasteiger partial charge in [0.1, 0.15) is 5.75 Å². The molecule has 0 amide bonds. The molecule has 94 valence electrons. The summed E-state index contributed by atoms with van der Waals surface area (Å²) < 4.78 is 0. The lowest BCUT2D eigenvalue weighted by molar-refractivity contribution is 0.194. The Hall–Kier alpha value is -1.80. The number of hydrogen-bond donors (Lipinski definition) is 2. The van der Waals surface area contributed by atoms with Crippen LogP contribution in [0.3, 0.4) is 0 Å². The van der Waals surface area contributed by atoms with Gasteiger partial charge in [-0.05, 0) is 23.6 Å². The van der Waals surface area contributed by atoms with Gasteiger partial charge in [-0.3, -0.25) is 0 Å². The SMILES string of the molecule is CC(O)Cc1cccc(Cc2ccccc2)c1O. The summed E-state index contributed by atoms with van der Waals surface area (Å²) in [7, 11) is 0. The first-order chi connectivity index (χ1) is 8.66. The summed E-state index contributed by atoms with van der Waals surface area (Å²) in [6.07, 6.45) is 0.747. The van der Waals surface area contributed by atoms with Crippen molar-refractivity contribution in [3.8, 4) is 5.75 Å². The number of hydrogen-bond acceptors (Lipinski definition) is 2. The first kappa shape index (κ1) is 12.7. The Bertz CT molecular complexity index is 504. The summed E-state index contributed by atoms with van der Waals surface area (Å²) in [5, 5.41) is 19.6. The number of phenols is 1. The third kappa shape index (κ3) is 3.11.